The fourth-order valence-electron chi connectivity index (χ4n) is 2.26. The molecule has 1 amide bonds. The number of nitro benzene ring substituents is 1. The molecule has 142 valence electrons. The number of nitrogens with zero attached hydrogens (tertiary/aromatic N) is 3. The summed E-state index contributed by atoms with van der Waals surface area (Å²) in [5.41, 5.74) is 1.41. The normalized spacial score (nSPS) is 16.7. The van der Waals surface area contributed by atoms with E-state index in [1.807, 2.05) is 12.1 Å². The zero-order valence-corrected chi connectivity index (χ0v) is 16.9. The zero-order valence-electron chi connectivity index (χ0n) is 14.5. The lowest BCUT2D eigenvalue weighted by Crippen LogP contribution is -2.19. The van der Waals surface area contributed by atoms with Gasteiger partial charge >= 0.3 is 0 Å². The van der Waals surface area contributed by atoms with Crippen LogP contribution in [-0.2, 0) is 4.79 Å². The van der Waals surface area contributed by atoms with Crippen LogP contribution in [0, 0.1) is 10.1 Å². The van der Waals surface area contributed by atoms with Crippen LogP contribution in [0.2, 0.25) is 0 Å². The van der Waals surface area contributed by atoms with Crippen molar-refractivity contribution < 1.29 is 14.5 Å². The third-order valence-electron chi connectivity index (χ3n) is 3.59. The summed E-state index contributed by atoms with van der Waals surface area (Å²) in [7, 11) is 1.56. The first-order valence-electron chi connectivity index (χ1n) is 7.86. The summed E-state index contributed by atoms with van der Waals surface area (Å²) in [6, 6.07) is 11.4. The third kappa shape index (κ3) is 4.84. The highest BCUT2D eigenvalue weighted by atomic mass is 79.9. The molecular formula is C18H13BrN4O4S. The number of carbonyl (C=O) groups is 1. The van der Waals surface area contributed by atoms with Gasteiger partial charge < -0.3 is 4.74 Å². The topological polar surface area (TPSA) is 106 Å². The zero-order chi connectivity index (χ0) is 20.1. The monoisotopic (exact) mass is 460 g/mol. The van der Waals surface area contributed by atoms with Crippen molar-refractivity contribution in [2.45, 2.75) is 0 Å². The van der Waals surface area contributed by atoms with Gasteiger partial charge in [-0.05, 0) is 53.7 Å². The van der Waals surface area contributed by atoms with Gasteiger partial charge in [-0.3, -0.25) is 20.2 Å². The number of halogens is 1. The first kappa shape index (κ1) is 19.8. The van der Waals surface area contributed by atoms with Crippen molar-refractivity contribution in [3.8, 4) is 5.75 Å². The van der Waals surface area contributed by atoms with Gasteiger partial charge in [-0.2, -0.15) is 5.10 Å². The Hall–Kier alpha value is -2.98. The molecule has 2 aromatic carbocycles. The molecule has 0 spiro atoms. The second-order valence-electron chi connectivity index (χ2n) is 5.45. The second-order valence-corrected chi connectivity index (χ2v) is 7.40. The number of carbonyl (C=O) groups excluding carboxylic acids is 1. The minimum atomic E-state index is -0.472. The standard InChI is InChI=1S/C18H13BrN4O4S/c1-27-15-7-4-13(19)8-12(15)9-16-17(24)21-18(28-16)22-20-10-11-2-5-14(6-3-11)23(25)26/h2-10H,1H3,(H,21,22,24)/b16-9+,20-10+. The van der Waals surface area contributed by atoms with Crippen LogP contribution >= 0.6 is 27.7 Å². The van der Waals surface area contributed by atoms with E-state index in [0.29, 0.717) is 21.4 Å². The van der Waals surface area contributed by atoms with E-state index in [1.165, 1.54) is 18.3 Å². The summed E-state index contributed by atoms with van der Waals surface area (Å²) in [6.07, 6.45) is 3.16. The van der Waals surface area contributed by atoms with Gasteiger partial charge in [0.15, 0.2) is 5.17 Å². The van der Waals surface area contributed by atoms with Crippen LogP contribution in [0.4, 0.5) is 5.69 Å². The Balaban J connectivity index is 1.73. The van der Waals surface area contributed by atoms with Gasteiger partial charge in [0, 0.05) is 22.2 Å². The molecule has 0 radical (unpaired) electrons. The maximum atomic E-state index is 12.2. The van der Waals surface area contributed by atoms with Crippen molar-refractivity contribution >= 4 is 56.7 Å². The van der Waals surface area contributed by atoms with Crippen molar-refractivity contribution in [2.75, 3.05) is 7.11 Å². The molecule has 10 heteroatoms. The summed E-state index contributed by atoms with van der Waals surface area (Å²) in [4.78, 5) is 22.8. The molecule has 0 unspecified atom stereocenters. The number of hydrogen-bond acceptors (Lipinski definition) is 7. The van der Waals surface area contributed by atoms with Crippen LogP contribution in [0.3, 0.4) is 0 Å². The molecular weight excluding hydrogens is 448 g/mol. The Labute approximate surface area is 172 Å². The lowest BCUT2D eigenvalue weighted by molar-refractivity contribution is -0.384. The average molecular weight is 461 g/mol. The number of amides is 1. The van der Waals surface area contributed by atoms with E-state index in [1.54, 1.807) is 31.4 Å². The van der Waals surface area contributed by atoms with E-state index >= 15 is 0 Å². The highest BCUT2D eigenvalue weighted by Crippen LogP contribution is 2.30. The van der Waals surface area contributed by atoms with E-state index in [0.717, 1.165) is 21.8 Å². The summed E-state index contributed by atoms with van der Waals surface area (Å²) in [5.74, 6) is 0.363. The van der Waals surface area contributed by atoms with Gasteiger partial charge in [-0.1, -0.05) is 15.9 Å². The minimum Gasteiger partial charge on any atom is -0.496 e. The van der Waals surface area contributed by atoms with E-state index in [4.69, 9.17) is 4.74 Å². The van der Waals surface area contributed by atoms with Gasteiger partial charge in [-0.15, -0.1) is 5.10 Å². The van der Waals surface area contributed by atoms with Crippen molar-refractivity contribution in [3.05, 3.63) is 73.1 Å². The fraction of sp³-hybridized carbons (Fsp3) is 0.0556. The maximum Gasteiger partial charge on any atom is 0.269 e. The molecule has 3 rings (SSSR count). The molecule has 1 N–H and O–H groups in total. The van der Waals surface area contributed by atoms with Crippen LogP contribution in [0.15, 0.2) is 62.0 Å². The summed E-state index contributed by atoms with van der Waals surface area (Å²) < 4.78 is 6.17. The fourth-order valence-corrected chi connectivity index (χ4v) is 3.41. The Morgan fingerprint density at radius 1 is 1.25 bits per heavy atom. The predicted molar refractivity (Wildman–Crippen MR) is 113 cm³/mol. The molecule has 0 saturated carbocycles. The molecule has 1 aliphatic heterocycles. The van der Waals surface area contributed by atoms with Gasteiger partial charge in [0.05, 0.1) is 23.2 Å². The highest BCUT2D eigenvalue weighted by Gasteiger charge is 2.24. The minimum absolute atomic E-state index is 0.000156. The van der Waals surface area contributed by atoms with Crippen molar-refractivity contribution in [1.29, 1.82) is 0 Å². The average Bonchev–Trinajstić information content (AvgIpc) is 3.01. The van der Waals surface area contributed by atoms with E-state index in [-0.39, 0.29) is 11.6 Å². The van der Waals surface area contributed by atoms with Crippen LogP contribution in [0.5, 0.6) is 5.75 Å². The molecule has 1 heterocycles. The number of nitro groups is 1. The number of hydrogen-bond donors (Lipinski definition) is 1. The Morgan fingerprint density at radius 2 is 2.00 bits per heavy atom. The van der Waals surface area contributed by atoms with Gasteiger partial charge in [0.2, 0.25) is 0 Å². The highest BCUT2D eigenvalue weighted by molar-refractivity contribution is 9.10. The number of benzene rings is 2. The molecule has 0 aromatic heterocycles. The van der Waals surface area contributed by atoms with Gasteiger partial charge in [0.25, 0.3) is 11.6 Å². The van der Waals surface area contributed by atoms with E-state index < -0.39 is 4.92 Å². The Kier molecular flexibility index (Phi) is 6.22. The largest absolute Gasteiger partial charge is 0.496 e. The predicted octanol–water partition coefficient (Wildman–Crippen LogP) is 3.96. The number of rotatable bonds is 5. The first-order valence-corrected chi connectivity index (χ1v) is 9.47. The molecule has 1 fully saturated rings. The van der Waals surface area contributed by atoms with Crippen LogP contribution < -0.4 is 10.1 Å². The lowest BCUT2D eigenvalue weighted by Gasteiger charge is -2.05. The molecule has 28 heavy (non-hydrogen) atoms. The number of methoxy groups -OCH3 is 1. The summed E-state index contributed by atoms with van der Waals surface area (Å²) in [5, 5.41) is 21.5. The molecule has 1 aliphatic rings. The van der Waals surface area contributed by atoms with Crippen LogP contribution in [0.25, 0.3) is 6.08 Å². The quantitative estimate of drug-likeness (QED) is 0.314. The van der Waals surface area contributed by atoms with Gasteiger partial charge in [0.1, 0.15) is 5.75 Å². The molecule has 1 saturated heterocycles. The van der Waals surface area contributed by atoms with E-state index in [9.17, 15) is 14.9 Å². The van der Waals surface area contributed by atoms with Crippen LogP contribution in [0.1, 0.15) is 11.1 Å². The maximum absolute atomic E-state index is 12.2. The number of ether oxygens (including phenoxy) is 1. The number of nitrogens with one attached hydrogen (secondary N) is 1. The molecule has 0 aliphatic carbocycles. The van der Waals surface area contributed by atoms with E-state index in [2.05, 4.69) is 31.4 Å². The van der Waals surface area contributed by atoms with Crippen molar-refractivity contribution in [3.63, 3.8) is 0 Å². The van der Waals surface area contributed by atoms with Gasteiger partial charge in [-0.25, -0.2) is 0 Å². The first-order chi connectivity index (χ1) is 13.5. The summed E-state index contributed by atoms with van der Waals surface area (Å²) >= 11 is 4.55. The lowest BCUT2D eigenvalue weighted by atomic mass is 10.2. The summed E-state index contributed by atoms with van der Waals surface area (Å²) in [6.45, 7) is 0. The number of amidine groups is 1. The SMILES string of the molecule is COc1ccc(Br)cc1/C=C1/S/C(=N/N=C/c2ccc([N+](=O)[O-])cc2)NC1=O. The Bertz CT molecular complexity index is 1020. The second kappa shape index (κ2) is 8.81. The molecule has 0 bridgehead atoms. The number of non-ortho nitro benzene ring substituents is 1. The van der Waals surface area contributed by atoms with Crippen molar-refractivity contribution in [2.24, 2.45) is 10.2 Å². The molecule has 2 aromatic rings. The third-order valence-corrected chi connectivity index (χ3v) is 4.98. The smallest absolute Gasteiger partial charge is 0.269 e. The number of thioether (sulfide) groups is 1. The van der Waals surface area contributed by atoms with Crippen molar-refractivity contribution in [1.82, 2.24) is 5.32 Å². The Morgan fingerprint density at radius 3 is 2.68 bits per heavy atom. The molecule has 8 nitrogen and oxygen atoms in total. The van der Waals surface area contributed by atoms with Crippen LogP contribution in [-0.4, -0.2) is 29.3 Å². The molecule has 0 atom stereocenters.